The first-order valence-electron chi connectivity index (χ1n) is 7.77. The van der Waals surface area contributed by atoms with Crippen molar-refractivity contribution in [2.45, 2.75) is 24.7 Å². The molecule has 4 N–H and O–H groups in total. The van der Waals surface area contributed by atoms with Gasteiger partial charge >= 0.3 is 0 Å². The SMILES string of the molecule is NC1N=CC=CC1(N)Cc1cc(Br)ccc1OCc1ccccc1. The van der Waals surface area contributed by atoms with E-state index in [9.17, 15) is 0 Å². The van der Waals surface area contributed by atoms with Gasteiger partial charge in [-0.3, -0.25) is 4.99 Å². The molecular formula is C19H20BrN3O. The average Bonchev–Trinajstić information content (AvgIpc) is 2.58. The minimum absolute atomic E-state index is 0.469. The second kappa shape index (κ2) is 7.30. The molecule has 0 radical (unpaired) electrons. The molecule has 1 aliphatic heterocycles. The lowest BCUT2D eigenvalue weighted by atomic mass is 9.87. The highest BCUT2D eigenvalue weighted by atomic mass is 79.9. The van der Waals surface area contributed by atoms with Crippen LogP contribution in [-0.2, 0) is 13.0 Å². The van der Waals surface area contributed by atoms with E-state index in [2.05, 4.69) is 20.9 Å². The first-order chi connectivity index (χ1) is 11.6. The fraction of sp³-hybridized carbons (Fsp3) is 0.211. The third-order valence-electron chi connectivity index (χ3n) is 4.05. The molecule has 2 aromatic carbocycles. The van der Waals surface area contributed by atoms with Gasteiger partial charge in [-0.2, -0.15) is 0 Å². The van der Waals surface area contributed by atoms with Gasteiger partial charge in [0.05, 0.1) is 5.54 Å². The summed E-state index contributed by atoms with van der Waals surface area (Å²) in [6.45, 7) is 0.507. The largest absolute Gasteiger partial charge is 0.489 e. The molecule has 0 aromatic heterocycles. The number of ether oxygens (including phenoxy) is 1. The van der Waals surface area contributed by atoms with Crippen LogP contribution in [0.3, 0.4) is 0 Å². The van der Waals surface area contributed by atoms with E-state index in [-0.39, 0.29) is 0 Å². The molecular weight excluding hydrogens is 366 g/mol. The Morgan fingerprint density at radius 2 is 1.96 bits per heavy atom. The summed E-state index contributed by atoms with van der Waals surface area (Å²) in [6, 6.07) is 16.0. The van der Waals surface area contributed by atoms with Crippen LogP contribution < -0.4 is 16.2 Å². The second-order valence-corrected chi connectivity index (χ2v) is 6.83. The summed E-state index contributed by atoms with van der Waals surface area (Å²) < 4.78 is 7.00. The van der Waals surface area contributed by atoms with E-state index in [1.165, 1.54) is 0 Å². The quantitative estimate of drug-likeness (QED) is 0.829. The lowest BCUT2D eigenvalue weighted by Gasteiger charge is -2.32. The van der Waals surface area contributed by atoms with Crippen molar-refractivity contribution in [2.75, 3.05) is 0 Å². The predicted octanol–water partition coefficient (Wildman–Crippen LogP) is 3.19. The average molecular weight is 386 g/mol. The lowest BCUT2D eigenvalue weighted by molar-refractivity contribution is 0.299. The monoisotopic (exact) mass is 385 g/mol. The van der Waals surface area contributed by atoms with E-state index in [0.717, 1.165) is 21.3 Å². The van der Waals surface area contributed by atoms with Crippen molar-refractivity contribution < 1.29 is 4.74 Å². The highest BCUT2D eigenvalue weighted by Crippen LogP contribution is 2.29. The summed E-state index contributed by atoms with van der Waals surface area (Å²) in [5.74, 6) is 0.807. The normalized spacial score (nSPS) is 22.5. The summed E-state index contributed by atoms with van der Waals surface area (Å²) in [5.41, 5.74) is 13.9. The molecule has 2 aromatic rings. The van der Waals surface area contributed by atoms with E-state index in [1.54, 1.807) is 6.21 Å². The van der Waals surface area contributed by atoms with Gasteiger partial charge in [-0.25, -0.2) is 0 Å². The molecule has 0 aliphatic carbocycles. The Morgan fingerprint density at radius 1 is 1.17 bits per heavy atom. The molecule has 3 rings (SSSR count). The predicted molar refractivity (Wildman–Crippen MR) is 101 cm³/mol. The molecule has 0 spiro atoms. The molecule has 0 amide bonds. The van der Waals surface area contributed by atoms with Gasteiger partial charge in [0.2, 0.25) is 0 Å². The Kier molecular flexibility index (Phi) is 5.14. The molecule has 0 saturated carbocycles. The van der Waals surface area contributed by atoms with Crippen LogP contribution in [0, 0.1) is 0 Å². The van der Waals surface area contributed by atoms with Crippen LogP contribution in [0.1, 0.15) is 11.1 Å². The lowest BCUT2D eigenvalue weighted by Crippen LogP contribution is -2.55. The van der Waals surface area contributed by atoms with Gasteiger partial charge < -0.3 is 16.2 Å². The van der Waals surface area contributed by atoms with Gasteiger partial charge in [0.1, 0.15) is 18.5 Å². The van der Waals surface area contributed by atoms with Crippen LogP contribution in [-0.4, -0.2) is 17.9 Å². The summed E-state index contributed by atoms with van der Waals surface area (Å²) >= 11 is 3.51. The maximum atomic E-state index is 6.46. The number of hydrogen-bond acceptors (Lipinski definition) is 4. The Balaban J connectivity index is 1.81. The van der Waals surface area contributed by atoms with Gasteiger partial charge in [-0.05, 0) is 35.4 Å². The van der Waals surface area contributed by atoms with Crippen molar-refractivity contribution in [1.29, 1.82) is 0 Å². The van der Waals surface area contributed by atoms with Crippen molar-refractivity contribution >= 4 is 22.1 Å². The molecule has 0 saturated heterocycles. The van der Waals surface area contributed by atoms with Crippen LogP contribution in [0.15, 0.2) is 70.1 Å². The maximum Gasteiger partial charge on any atom is 0.123 e. The molecule has 5 heteroatoms. The number of hydrogen-bond donors (Lipinski definition) is 2. The van der Waals surface area contributed by atoms with Gasteiger partial charge in [0.15, 0.2) is 0 Å². The Labute approximate surface area is 150 Å². The van der Waals surface area contributed by atoms with Crippen molar-refractivity contribution in [3.63, 3.8) is 0 Å². The number of nitrogens with two attached hydrogens (primary N) is 2. The molecule has 1 aliphatic rings. The van der Waals surface area contributed by atoms with Crippen LogP contribution in [0.5, 0.6) is 5.75 Å². The van der Waals surface area contributed by atoms with Crippen LogP contribution in [0.2, 0.25) is 0 Å². The third kappa shape index (κ3) is 3.93. The van der Waals surface area contributed by atoms with Gasteiger partial charge in [-0.1, -0.05) is 52.3 Å². The van der Waals surface area contributed by atoms with Gasteiger partial charge in [0.25, 0.3) is 0 Å². The van der Waals surface area contributed by atoms with E-state index in [1.807, 2.05) is 60.7 Å². The van der Waals surface area contributed by atoms with Crippen molar-refractivity contribution in [3.05, 3.63) is 76.3 Å². The number of dihydropyridines is 1. The highest BCUT2D eigenvalue weighted by Gasteiger charge is 2.32. The molecule has 4 nitrogen and oxygen atoms in total. The molecule has 2 unspecified atom stereocenters. The topological polar surface area (TPSA) is 73.6 Å². The van der Waals surface area contributed by atoms with Crippen LogP contribution >= 0.6 is 15.9 Å². The minimum Gasteiger partial charge on any atom is -0.489 e. The minimum atomic E-state index is -0.722. The van der Waals surface area contributed by atoms with Crippen molar-refractivity contribution in [2.24, 2.45) is 16.5 Å². The number of rotatable bonds is 5. The van der Waals surface area contributed by atoms with Crippen LogP contribution in [0.4, 0.5) is 0 Å². The second-order valence-electron chi connectivity index (χ2n) is 5.92. The first kappa shape index (κ1) is 16.9. The molecule has 24 heavy (non-hydrogen) atoms. The summed E-state index contributed by atoms with van der Waals surface area (Å²) in [5, 5.41) is 0. The van der Waals surface area contributed by atoms with Gasteiger partial charge in [0, 0.05) is 17.1 Å². The van der Waals surface area contributed by atoms with Crippen molar-refractivity contribution in [3.8, 4) is 5.75 Å². The Hall–Kier alpha value is -1.95. The van der Waals surface area contributed by atoms with E-state index in [4.69, 9.17) is 16.2 Å². The Bertz CT molecular complexity index is 760. The fourth-order valence-corrected chi connectivity index (χ4v) is 3.07. The molecule has 1 heterocycles. The zero-order valence-corrected chi connectivity index (χ0v) is 14.8. The smallest absolute Gasteiger partial charge is 0.123 e. The summed E-state index contributed by atoms with van der Waals surface area (Å²) in [6.07, 6.45) is 5.51. The summed E-state index contributed by atoms with van der Waals surface area (Å²) in [4.78, 5) is 4.21. The zero-order valence-electron chi connectivity index (χ0n) is 13.2. The summed E-state index contributed by atoms with van der Waals surface area (Å²) in [7, 11) is 0. The van der Waals surface area contributed by atoms with E-state index in [0.29, 0.717) is 13.0 Å². The van der Waals surface area contributed by atoms with E-state index >= 15 is 0 Å². The van der Waals surface area contributed by atoms with Crippen molar-refractivity contribution in [1.82, 2.24) is 0 Å². The van der Waals surface area contributed by atoms with Crippen LogP contribution in [0.25, 0.3) is 0 Å². The Morgan fingerprint density at radius 3 is 2.71 bits per heavy atom. The number of aliphatic imine (C=N–C) groups is 1. The standard InChI is InChI=1S/C19H20BrN3O/c20-16-7-8-17(24-13-14-5-2-1-3-6-14)15(11-16)12-19(22)9-4-10-23-18(19)21/h1-11,18H,12-13,21-22H2. The highest BCUT2D eigenvalue weighted by molar-refractivity contribution is 9.10. The zero-order chi connectivity index (χ0) is 17.0. The molecule has 0 bridgehead atoms. The number of nitrogens with zero attached hydrogens (tertiary/aromatic N) is 1. The van der Waals surface area contributed by atoms with E-state index < -0.39 is 11.7 Å². The number of halogens is 1. The number of benzene rings is 2. The third-order valence-corrected chi connectivity index (χ3v) is 4.54. The molecule has 124 valence electrons. The fourth-order valence-electron chi connectivity index (χ4n) is 2.66. The molecule has 2 atom stereocenters. The number of allylic oxidation sites excluding steroid dienone is 1. The van der Waals surface area contributed by atoms with Gasteiger partial charge in [-0.15, -0.1) is 0 Å². The first-order valence-corrected chi connectivity index (χ1v) is 8.57. The molecule has 0 fully saturated rings. The maximum absolute atomic E-state index is 6.46.